The van der Waals surface area contributed by atoms with Crippen LogP contribution in [0.3, 0.4) is 0 Å². The third-order valence-corrected chi connectivity index (χ3v) is 2.05. The summed E-state index contributed by atoms with van der Waals surface area (Å²) in [5.41, 5.74) is -0.884. The van der Waals surface area contributed by atoms with E-state index in [-0.39, 0.29) is 4.90 Å². The highest BCUT2D eigenvalue weighted by Crippen LogP contribution is 2.30. The Bertz CT molecular complexity index is 298. The first-order valence-electron chi connectivity index (χ1n) is 3.21. The van der Waals surface area contributed by atoms with Crippen LogP contribution in [-0.4, -0.2) is 9.11 Å². The number of rotatable bonds is 1. The van der Waals surface area contributed by atoms with Crippen LogP contribution in [0.1, 0.15) is 5.56 Å². The van der Waals surface area contributed by atoms with Gasteiger partial charge < -0.3 is 0 Å². The summed E-state index contributed by atoms with van der Waals surface area (Å²) >= 11 is -2.12. The molecule has 0 aromatic heterocycles. The summed E-state index contributed by atoms with van der Waals surface area (Å²) in [5.74, 6) is 0. The molecule has 1 aromatic rings. The van der Waals surface area contributed by atoms with Crippen LogP contribution in [0.5, 0.6) is 0 Å². The molecule has 2 nitrogen and oxygen atoms in total. The maximum Gasteiger partial charge on any atom is 0.416 e. The van der Waals surface area contributed by atoms with Gasteiger partial charge in [0, 0.05) is 12.1 Å². The van der Waals surface area contributed by atoms with Gasteiger partial charge in [-0.25, -0.2) is 0 Å². The monoisotopic (exact) mass is 211 g/mol. The van der Waals surface area contributed by atoms with E-state index in [1.165, 1.54) is 6.07 Å². The zero-order valence-electron chi connectivity index (χ0n) is 6.25. The Morgan fingerprint density at radius 2 is 1.77 bits per heavy atom. The fourth-order valence-corrected chi connectivity index (χ4v) is 1.22. The lowest BCUT2D eigenvalue weighted by Crippen LogP contribution is -2.06. The second kappa shape index (κ2) is 3.57. The van der Waals surface area contributed by atoms with Crippen molar-refractivity contribution in [1.82, 2.24) is 0 Å². The normalized spacial score (nSPS) is 12.2. The molecule has 72 valence electrons. The van der Waals surface area contributed by atoms with Gasteiger partial charge in [0.05, 0.1) is 5.56 Å². The van der Waals surface area contributed by atoms with Crippen LogP contribution in [0.4, 0.5) is 13.2 Å². The van der Waals surface area contributed by atoms with E-state index in [0.29, 0.717) is 6.07 Å². The lowest BCUT2D eigenvalue weighted by atomic mass is 10.2. The molecule has 0 bridgehead atoms. The van der Waals surface area contributed by atoms with Crippen LogP contribution in [0.25, 0.3) is 0 Å². The largest absolute Gasteiger partial charge is 0.416 e. The minimum Gasteiger partial charge on any atom is -0.166 e. The summed E-state index contributed by atoms with van der Waals surface area (Å²) in [6, 6.07) is 3.93. The van der Waals surface area contributed by atoms with Crippen molar-refractivity contribution in [2.24, 2.45) is 0 Å². The topological polar surface area (TPSA) is 40.5 Å². The fourth-order valence-electron chi connectivity index (χ4n) is 0.786. The van der Waals surface area contributed by atoms with Crippen molar-refractivity contribution in [3.63, 3.8) is 0 Å². The minimum atomic E-state index is -4.45. The number of hydrogen-bond acceptors (Lipinski definition) is 2. The number of benzene rings is 1. The van der Waals surface area contributed by atoms with Crippen molar-refractivity contribution in [3.05, 3.63) is 29.8 Å². The van der Waals surface area contributed by atoms with Gasteiger partial charge in [-0.3, -0.25) is 0 Å². The Morgan fingerprint density at radius 1 is 1.15 bits per heavy atom. The highest BCUT2D eigenvalue weighted by atomic mass is 32.2. The Labute approximate surface area is 75.4 Å². The van der Waals surface area contributed by atoms with E-state index in [2.05, 4.69) is 0 Å². The van der Waals surface area contributed by atoms with Crippen molar-refractivity contribution in [2.75, 3.05) is 0 Å². The Morgan fingerprint density at radius 3 is 2.23 bits per heavy atom. The second-order valence-electron chi connectivity index (χ2n) is 2.29. The molecule has 0 saturated carbocycles. The highest BCUT2D eigenvalue weighted by molar-refractivity contribution is 7.86. The molecule has 0 radical (unpaired) electrons. The summed E-state index contributed by atoms with van der Waals surface area (Å²) < 4.78 is 53.5. The van der Waals surface area contributed by atoms with Crippen molar-refractivity contribution in [3.8, 4) is 0 Å². The standard InChI is InChI=1S/C7H6F3O2S/c8-7(9,10)5-2-1-3-6(4-5)13(11)12/h1-4,11-12H/q+1. The molecule has 0 heterocycles. The molecule has 0 aliphatic heterocycles. The summed E-state index contributed by atoms with van der Waals surface area (Å²) in [6.07, 6.45) is -4.45. The van der Waals surface area contributed by atoms with Gasteiger partial charge in [-0.2, -0.15) is 22.3 Å². The first-order valence-corrected chi connectivity index (χ1v) is 4.35. The SMILES string of the molecule is O[S+](O)c1cccc(C(F)(F)F)c1. The van der Waals surface area contributed by atoms with Crippen LogP contribution in [0.15, 0.2) is 29.2 Å². The molecule has 1 rings (SSSR count). The molecule has 0 amide bonds. The maximum atomic E-state index is 12.1. The second-order valence-corrected chi connectivity index (χ2v) is 3.29. The van der Waals surface area contributed by atoms with Crippen molar-refractivity contribution in [2.45, 2.75) is 11.1 Å². The van der Waals surface area contributed by atoms with Gasteiger partial charge in [0.1, 0.15) is 0 Å². The lowest BCUT2D eigenvalue weighted by Gasteiger charge is -2.04. The van der Waals surface area contributed by atoms with Gasteiger partial charge >= 0.3 is 17.6 Å². The molecule has 0 aliphatic carbocycles. The average molecular weight is 211 g/mol. The summed E-state index contributed by atoms with van der Waals surface area (Å²) in [5, 5.41) is 0. The molecule has 2 N–H and O–H groups in total. The molecule has 6 heteroatoms. The molecule has 0 atom stereocenters. The predicted octanol–water partition coefficient (Wildman–Crippen LogP) is 2.63. The van der Waals surface area contributed by atoms with Crippen molar-refractivity contribution in [1.29, 1.82) is 0 Å². The molecule has 0 saturated heterocycles. The van der Waals surface area contributed by atoms with E-state index in [9.17, 15) is 13.2 Å². The van der Waals surface area contributed by atoms with Crippen LogP contribution >= 0.6 is 0 Å². The molecule has 0 aliphatic rings. The van der Waals surface area contributed by atoms with E-state index in [1.54, 1.807) is 0 Å². The van der Waals surface area contributed by atoms with E-state index < -0.39 is 23.2 Å². The van der Waals surface area contributed by atoms with Crippen LogP contribution < -0.4 is 0 Å². The van der Waals surface area contributed by atoms with Crippen molar-refractivity contribution >= 4 is 11.5 Å². The first kappa shape index (κ1) is 10.4. The van der Waals surface area contributed by atoms with Crippen LogP contribution in [0.2, 0.25) is 0 Å². The zero-order valence-corrected chi connectivity index (χ0v) is 7.06. The summed E-state index contributed by atoms with van der Waals surface area (Å²) in [7, 11) is 0. The van der Waals surface area contributed by atoms with E-state index in [0.717, 1.165) is 12.1 Å². The molecular formula is C7H6F3O2S+. The zero-order chi connectivity index (χ0) is 10.1. The van der Waals surface area contributed by atoms with Gasteiger partial charge in [0.15, 0.2) is 0 Å². The maximum absolute atomic E-state index is 12.1. The van der Waals surface area contributed by atoms with Crippen molar-refractivity contribution < 1.29 is 22.3 Å². The number of alkyl halides is 3. The third-order valence-electron chi connectivity index (χ3n) is 1.37. The Balaban J connectivity index is 3.06. The predicted molar refractivity (Wildman–Crippen MR) is 42.3 cm³/mol. The lowest BCUT2D eigenvalue weighted by molar-refractivity contribution is -0.137. The third kappa shape index (κ3) is 2.61. The Hall–Kier alpha value is -0.720. The smallest absolute Gasteiger partial charge is 0.166 e. The average Bonchev–Trinajstić information content (AvgIpc) is 2.03. The van der Waals surface area contributed by atoms with Crippen LogP contribution in [0, 0.1) is 0 Å². The molecule has 0 spiro atoms. The van der Waals surface area contributed by atoms with E-state index in [1.807, 2.05) is 0 Å². The quantitative estimate of drug-likeness (QED) is 0.701. The van der Waals surface area contributed by atoms with Gasteiger partial charge in [0.2, 0.25) is 4.90 Å². The van der Waals surface area contributed by atoms with Gasteiger partial charge in [-0.15, -0.1) is 0 Å². The van der Waals surface area contributed by atoms with Crippen LogP contribution in [-0.2, 0) is 17.6 Å². The van der Waals surface area contributed by atoms with E-state index >= 15 is 0 Å². The summed E-state index contributed by atoms with van der Waals surface area (Å²) in [6.45, 7) is 0. The molecule has 0 fully saturated rings. The Kier molecular flexibility index (Phi) is 2.84. The first-order chi connectivity index (χ1) is 5.91. The summed E-state index contributed by atoms with van der Waals surface area (Å²) in [4.78, 5) is -0.144. The number of halogens is 3. The minimum absolute atomic E-state index is 0.144. The van der Waals surface area contributed by atoms with Gasteiger partial charge in [-0.05, 0) is 6.07 Å². The number of hydrogen-bond donors (Lipinski definition) is 2. The fraction of sp³-hybridized carbons (Fsp3) is 0.143. The molecule has 13 heavy (non-hydrogen) atoms. The highest BCUT2D eigenvalue weighted by Gasteiger charge is 2.32. The molecule has 1 aromatic carbocycles. The molecular weight excluding hydrogens is 205 g/mol. The van der Waals surface area contributed by atoms with E-state index in [4.69, 9.17) is 9.11 Å². The van der Waals surface area contributed by atoms with Gasteiger partial charge in [0.25, 0.3) is 0 Å². The van der Waals surface area contributed by atoms with Gasteiger partial charge in [-0.1, -0.05) is 6.07 Å². The molecule has 0 unspecified atom stereocenters.